The zero-order chi connectivity index (χ0) is 19.9. The van der Waals surface area contributed by atoms with E-state index in [4.69, 9.17) is 0 Å². The fraction of sp³-hybridized carbons (Fsp3) is 0.476. The van der Waals surface area contributed by atoms with Gasteiger partial charge in [0.05, 0.1) is 0 Å². The molecule has 7 heteroatoms. The topological polar surface area (TPSA) is 73.4 Å². The Morgan fingerprint density at radius 1 is 1.04 bits per heavy atom. The normalized spacial score (nSPS) is 14.9. The predicted octanol–water partition coefficient (Wildman–Crippen LogP) is 2.94. The molecule has 0 saturated carbocycles. The van der Waals surface area contributed by atoms with Gasteiger partial charge in [0, 0.05) is 44.1 Å². The van der Waals surface area contributed by atoms with E-state index in [0.29, 0.717) is 17.4 Å². The molecule has 0 spiro atoms. The van der Waals surface area contributed by atoms with Gasteiger partial charge in [-0.3, -0.25) is 4.79 Å². The molecule has 0 aliphatic carbocycles. The van der Waals surface area contributed by atoms with E-state index in [-0.39, 0.29) is 5.91 Å². The molecule has 150 valence electrons. The first-order chi connectivity index (χ1) is 13.5. The average molecular weight is 383 g/mol. The number of amides is 1. The number of nitrogens with zero attached hydrogens (tertiary/aromatic N) is 4. The Kier molecular flexibility index (Phi) is 6.81. The van der Waals surface area contributed by atoms with Crippen LogP contribution >= 0.6 is 0 Å². The Hall–Kier alpha value is -2.67. The molecule has 1 amide bonds. The van der Waals surface area contributed by atoms with Crippen LogP contribution in [0, 0.1) is 5.92 Å². The second-order valence-corrected chi connectivity index (χ2v) is 7.70. The number of carbonyl (C=O) groups excluding carboxylic acids is 1. The molecule has 1 aliphatic rings. The minimum Gasteiger partial charge on any atom is -0.369 e. The van der Waals surface area contributed by atoms with Crippen molar-refractivity contribution in [3.63, 3.8) is 0 Å². The van der Waals surface area contributed by atoms with Gasteiger partial charge in [0.25, 0.3) is 5.91 Å². The molecule has 1 aromatic carbocycles. The Morgan fingerprint density at radius 3 is 2.36 bits per heavy atom. The third kappa shape index (κ3) is 5.66. The van der Waals surface area contributed by atoms with E-state index in [1.54, 1.807) is 12.1 Å². The molecule has 0 bridgehead atoms. The third-order valence-corrected chi connectivity index (χ3v) is 4.92. The van der Waals surface area contributed by atoms with Crippen LogP contribution in [0.4, 0.5) is 17.2 Å². The quantitative estimate of drug-likeness (QED) is 0.767. The molecule has 3 rings (SSSR count). The van der Waals surface area contributed by atoms with Crippen LogP contribution in [0.3, 0.4) is 0 Å². The number of benzene rings is 1. The van der Waals surface area contributed by atoms with Crippen molar-refractivity contribution in [2.75, 3.05) is 55.3 Å². The summed E-state index contributed by atoms with van der Waals surface area (Å²) in [5, 5.41) is 14.2. The minimum absolute atomic E-state index is 0.256. The van der Waals surface area contributed by atoms with Gasteiger partial charge in [-0.1, -0.05) is 13.8 Å². The van der Waals surface area contributed by atoms with Gasteiger partial charge < -0.3 is 20.4 Å². The fourth-order valence-electron chi connectivity index (χ4n) is 3.05. The number of piperazine rings is 1. The monoisotopic (exact) mass is 382 g/mol. The number of anilines is 3. The van der Waals surface area contributed by atoms with Crippen molar-refractivity contribution in [1.29, 1.82) is 0 Å². The SMILES string of the molecule is CC(C)CCNc1ccc(C(=O)Nc2ccc(N3CCN(C)CC3)cc2)nn1. The maximum Gasteiger partial charge on any atom is 0.276 e. The number of likely N-dealkylation sites (N-methyl/N-ethyl adjacent to an activating group) is 1. The molecule has 28 heavy (non-hydrogen) atoms. The van der Waals surface area contributed by atoms with E-state index >= 15 is 0 Å². The summed E-state index contributed by atoms with van der Waals surface area (Å²) in [5.41, 5.74) is 2.24. The molecule has 1 aromatic heterocycles. The van der Waals surface area contributed by atoms with Gasteiger partial charge >= 0.3 is 0 Å². The molecule has 2 aromatic rings. The second-order valence-electron chi connectivity index (χ2n) is 7.70. The lowest BCUT2D eigenvalue weighted by atomic mass is 10.1. The van der Waals surface area contributed by atoms with Crippen molar-refractivity contribution in [3.8, 4) is 0 Å². The first-order valence-corrected chi connectivity index (χ1v) is 9.94. The summed E-state index contributed by atoms with van der Waals surface area (Å²) < 4.78 is 0. The third-order valence-electron chi connectivity index (χ3n) is 4.92. The summed E-state index contributed by atoms with van der Waals surface area (Å²) in [6.07, 6.45) is 1.06. The van der Waals surface area contributed by atoms with E-state index in [0.717, 1.165) is 44.8 Å². The van der Waals surface area contributed by atoms with Crippen LogP contribution in [0.15, 0.2) is 36.4 Å². The van der Waals surface area contributed by atoms with Crippen molar-refractivity contribution < 1.29 is 4.79 Å². The Labute approximate surface area is 167 Å². The van der Waals surface area contributed by atoms with E-state index < -0.39 is 0 Å². The van der Waals surface area contributed by atoms with Gasteiger partial charge in [-0.15, -0.1) is 10.2 Å². The predicted molar refractivity (Wildman–Crippen MR) is 114 cm³/mol. The largest absolute Gasteiger partial charge is 0.369 e. The summed E-state index contributed by atoms with van der Waals surface area (Å²) in [6.45, 7) is 9.39. The van der Waals surface area contributed by atoms with E-state index in [9.17, 15) is 4.79 Å². The molecular formula is C21H30N6O. The number of hydrogen-bond donors (Lipinski definition) is 2. The summed E-state index contributed by atoms with van der Waals surface area (Å²) in [4.78, 5) is 17.1. The van der Waals surface area contributed by atoms with Crippen molar-refractivity contribution >= 4 is 23.1 Å². The Morgan fingerprint density at radius 2 is 1.75 bits per heavy atom. The van der Waals surface area contributed by atoms with E-state index in [1.807, 2.05) is 24.3 Å². The number of hydrogen-bond acceptors (Lipinski definition) is 6. The maximum atomic E-state index is 12.4. The van der Waals surface area contributed by atoms with Crippen LogP contribution in [0.1, 0.15) is 30.8 Å². The van der Waals surface area contributed by atoms with Gasteiger partial charge in [-0.05, 0) is 55.8 Å². The molecule has 1 saturated heterocycles. The van der Waals surface area contributed by atoms with Crippen LogP contribution in [0.5, 0.6) is 0 Å². The van der Waals surface area contributed by atoms with Gasteiger partial charge in [0.15, 0.2) is 5.69 Å². The lowest BCUT2D eigenvalue weighted by Crippen LogP contribution is -2.44. The zero-order valence-electron chi connectivity index (χ0n) is 17.0. The highest BCUT2D eigenvalue weighted by molar-refractivity contribution is 6.02. The number of rotatable bonds is 7. The molecule has 2 N–H and O–H groups in total. The molecule has 2 heterocycles. The Bertz CT molecular complexity index is 751. The highest BCUT2D eigenvalue weighted by Crippen LogP contribution is 2.19. The van der Waals surface area contributed by atoms with Crippen LogP contribution in [0.25, 0.3) is 0 Å². The highest BCUT2D eigenvalue weighted by Gasteiger charge is 2.14. The second kappa shape index (κ2) is 9.50. The van der Waals surface area contributed by atoms with Crippen molar-refractivity contribution in [2.24, 2.45) is 5.92 Å². The number of aromatic nitrogens is 2. The van der Waals surface area contributed by atoms with Crippen LogP contribution < -0.4 is 15.5 Å². The lowest BCUT2D eigenvalue weighted by Gasteiger charge is -2.34. The molecule has 0 radical (unpaired) electrons. The van der Waals surface area contributed by atoms with Gasteiger partial charge in [0.1, 0.15) is 5.82 Å². The van der Waals surface area contributed by atoms with Crippen LogP contribution in [-0.2, 0) is 0 Å². The molecule has 1 aliphatic heterocycles. The van der Waals surface area contributed by atoms with Gasteiger partial charge in [-0.25, -0.2) is 0 Å². The maximum absolute atomic E-state index is 12.4. The molecule has 0 atom stereocenters. The van der Waals surface area contributed by atoms with Gasteiger partial charge in [0.2, 0.25) is 0 Å². The van der Waals surface area contributed by atoms with Crippen molar-refractivity contribution in [3.05, 3.63) is 42.1 Å². The standard InChI is InChI=1S/C21H30N6O/c1-16(2)10-11-22-20-9-8-19(24-25-20)21(28)23-17-4-6-18(7-5-17)27-14-12-26(3)13-15-27/h4-9,16H,10-15H2,1-3H3,(H,22,25)(H,23,28). The fourth-order valence-corrected chi connectivity index (χ4v) is 3.05. The van der Waals surface area contributed by atoms with Crippen LogP contribution in [0.2, 0.25) is 0 Å². The molecule has 0 unspecified atom stereocenters. The number of carbonyl (C=O) groups is 1. The molecule has 1 fully saturated rings. The minimum atomic E-state index is -0.256. The molecular weight excluding hydrogens is 352 g/mol. The summed E-state index contributed by atoms with van der Waals surface area (Å²) >= 11 is 0. The summed E-state index contributed by atoms with van der Waals surface area (Å²) in [5.74, 6) is 1.07. The first-order valence-electron chi connectivity index (χ1n) is 9.94. The summed E-state index contributed by atoms with van der Waals surface area (Å²) in [7, 11) is 2.15. The number of nitrogens with one attached hydrogen (secondary N) is 2. The lowest BCUT2D eigenvalue weighted by molar-refractivity contribution is 0.102. The van der Waals surface area contributed by atoms with Crippen molar-refractivity contribution in [1.82, 2.24) is 15.1 Å². The average Bonchev–Trinajstić information content (AvgIpc) is 2.69. The Balaban J connectivity index is 1.52. The smallest absolute Gasteiger partial charge is 0.276 e. The van der Waals surface area contributed by atoms with Gasteiger partial charge in [-0.2, -0.15) is 0 Å². The molecule has 7 nitrogen and oxygen atoms in total. The van der Waals surface area contributed by atoms with Crippen molar-refractivity contribution in [2.45, 2.75) is 20.3 Å². The first kappa shape index (κ1) is 20.1. The summed E-state index contributed by atoms with van der Waals surface area (Å²) in [6, 6.07) is 11.4. The van der Waals surface area contributed by atoms with E-state index in [1.165, 1.54) is 5.69 Å². The highest BCUT2D eigenvalue weighted by atomic mass is 16.1. The van der Waals surface area contributed by atoms with Crippen LogP contribution in [-0.4, -0.2) is 60.8 Å². The zero-order valence-corrected chi connectivity index (χ0v) is 17.0. The van der Waals surface area contributed by atoms with E-state index in [2.05, 4.69) is 51.5 Å².